The summed E-state index contributed by atoms with van der Waals surface area (Å²) in [5.74, 6) is 0. The van der Waals surface area contributed by atoms with Gasteiger partial charge in [-0.25, -0.2) is 4.98 Å². The second-order valence-electron chi connectivity index (χ2n) is 2.67. The van der Waals surface area contributed by atoms with Gasteiger partial charge in [0.25, 0.3) is 5.56 Å². The lowest BCUT2D eigenvalue weighted by Gasteiger charge is -1.86. The monoisotopic (exact) mass is 195 g/mol. The molecule has 0 aliphatic carbocycles. The fraction of sp³-hybridized carbons (Fsp3) is 0.250. The molecule has 2 rings (SSSR count). The Hall–Kier alpha value is -1.20. The summed E-state index contributed by atoms with van der Waals surface area (Å²) < 4.78 is 1.55. The molecule has 68 valence electrons. The predicted molar refractivity (Wildman–Crippen MR) is 52.1 cm³/mol. The van der Waals surface area contributed by atoms with Crippen LogP contribution in [0, 0.1) is 0 Å². The van der Waals surface area contributed by atoms with E-state index in [2.05, 4.69) is 4.98 Å². The van der Waals surface area contributed by atoms with Gasteiger partial charge in [-0.05, 0) is 13.0 Å². The zero-order valence-electron chi connectivity index (χ0n) is 6.93. The highest BCUT2D eigenvalue weighted by atomic mass is 32.1. The van der Waals surface area contributed by atoms with Gasteiger partial charge in [-0.1, -0.05) is 0 Å². The summed E-state index contributed by atoms with van der Waals surface area (Å²) >= 11 is 1.51. The minimum Gasteiger partial charge on any atom is -0.330 e. The van der Waals surface area contributed by atoms with Gasteiger partial charge in [-0.2, -0.15) is 0 Å². The third-order valence-electron chi connectivity index (χ3n) is 1.73. The quantitative estimate of drug-likeness (QED) is 0.747. The van der Waals surface area contributed by atoms with Crippen LogP contribution in [0.5, 0.6) is 0 Å². The molecular weight excluding hydrogens is 186 g/mol. The van der Waals surface area contributed by atoms with E-state index in [9.17, 15) is 4.79 Å². The van der Waals surface area contributed by atoms with Crippen molar-refractivity contribution in [1.82, 2.24) is 9.38 Å². The average Bonchev–Trinajstić information content (AvgIpc) is 2.49. The third-order valence-corrected chi connectivity index (χ3v) is 2.79. The van der Waals surface area contributed by atoms with E-state index in [0.29, 0.717) is 6.54 Å². The number of nitrogens with two attached hydrogens (primary N) is 1. The summed E-state index contributed by atoms with van der Waals surface area (Å²) in [7, 11) is 0. The molecule has 2 heterocycles. The van der Waals surface area contributed by atoms with Crippen LogP contribution in [0.1, 0.15) is 4.88 Å². The second-order valence-corrected chi connectivity index (χ2v) is 3.77. The van der Waals surface area contributed by atoms with Gasteiger partial charge < -0.3 is 5.73 Å². The number of nitrogens with zero attached hydrogens (tertiary/aromatic N) is 2. The summed E-state index contributed by atoms with van der Waals surface area (Å²) in [6.45, 7) is 0.599. The Labute approximate surface area is 78.7 Å². The Kier molecular flexibility index (Phi) is 2.12. The summed E-state index contributed by atoms with van der Waals surface area (Å²) in [6.07, 6.45) is 4.13. The minimum atomic E-state index is -0.0375. The largest absolute Gasteiger partial charge is 0.330 e. The van der Waals surface area contributed by atoms with Crippen molar-refractivity contribution in [3.05, 3.63) is 33.7 Å². The first-order chi connectivity index (χ1) is 6.31. The highest BCUT2D eigenvalue weighted by molar-refractivity contribution is 7.17. The molecule has 0 aliphatic rings. The van der Waals surface area contributed by atoms with E-state index < -0.39 is 0 Å². The zero-order valence-corrected chi connectivity index (χ0v) is 7.75. The van der Waals surface area contributed by atoms with Crippen molar-refractivity contribution < 1.29 is 0 Å². The number of hydrogen-bond donors (Lipinski definition) is 1. The van der Waals surface area contributed by atoms with Gasteiger partial charge in [0, 0.05) is 23.3 Å². The van der Waals surface area contributed by atoms with Crippen LogP contribution in [-0.4, -0.2) is 15.9 Å². The highest BCUT2D eigenvalue weighted by Gasteiger charge is 2.02. The van der Waals surface area contributed by atoms with Gasteiger partial charge in [-0.3, -0.25) is 9.20 Å². The smallest absolute Gasteiger partial charge is 0.258 e. The van der Waals surface area contributed by atoms with E-state index in [4.69, 9.17) is 5.73 Å². The molecule has 13 heavy (non-hydrogen) atoms. The van der Waals surface area contributed by atoms with Gasteiger partial charge >= 0.3 is 0 Å². The van der Waals surface area contributed by atoms with Gasteiger partial charge in [0.2, 0.25) is 0 Å². The lowest BCUT2D eigenvalue weighted by molar-refractivity contribution is 0.971. The van der Waals surface area contributed by atoms with Gasteiger partial charge in [0.15, 0.2) is 4.96 Å². The molecule has 0 spiro atoms. The molecule has 2 aromatic heterocycles. The van der Waals surface area contributed by atoms with E-state index in [1.165, 1.54) is 23.6 Å². The van der Waals surface area contributed by atoms with E-state index in [1.54, 1.807) is 4.40 Å². The van der Waals surface area contributed by atoms with E-state index in [1.807, 2.05) is 6.20 Å². The van der Waals surface area contributed by atoms with Crippen molar-refractivity contribution in [3.8, 4) is 0 Å². The Morgan fingerprint density at radius 1 is 1.62 bits per heavy atom. The molecule has 0 saturated carbocycles. The molecule has 4 nitrogen and oxygen atoms in total. The molecule has 0 saturated heterocycles. The molecule has 0 unspecified atom stereocenters. The predicted octanol–water partition coefficient (Wildman–Crippen LogP) is 0.257. The zero-order chi connectivity index (χ0) is 9.26. The van der Waals surface area contributed by atoms with Crippen molar-refractivity contribution in [2.45, 2.75) is 6.42 Å². The van der Waals surface area contributed by atoms with Gasteiger partial charge in [0.05, 0.1) is 0 Å². The van der Waals surface area contributed by atoms with Crippen LogP contribution in [0.2, 0.25) is 0 Å². The SMILES string of the molecule is NCCc1cn2c(=O)ccnc2s1. The first-order valence-corrected chi connectivity index (χ1v) is 4.79. The Morgan fingerprint density at radius 2 is 2.46 bits per heavy atom. The molecule has 0 amide bonds. The number of aromatic nitrogens is 2. The van der Waals surface area contributed by atoms with Crippen LogP contribution in [0.25, 0.3) is 4.96 Å². The number of hydrogen-bond acceptors (Lipinski definition) is 4. The standard InChI is InChI=1S/C8H9N3OS/c9-3-1-6-5-11-7(12)2-4-10-8(11)13-6/h2,4-5H,1,3,9H2. The maximum absolute atomic E-state index is 11.3. The molecule has 0 atom stereocenters. The van der Waals surface area contributed by atoms with Crippen LogP contribution >= 0.6 is 11.3 Å². The van der Waals surface area contributed by atoms with Gasteiger partial charge in [0.1, 0.15) is 0 Å². The van der Waals surface area contributed by atoms with E-state index in [0.717, 1.165) is 16.3 Å². The summed E-state index contributed by atoms with van der Waals surface area (Å²) in [5, 5.41) is 0. The molecular formula is C8H9N3OS. The Balaban J connectivity index is 2.62. The molecule has 0 aromatic carbocycles. The average molecular weight is 195 g/mol. The molecule has 5 heteroatoms. The molecule has 0 radical (unpaired) electrons. The number of rotatable bonds is 2. The maximum Gasteiger partial charge on any atom is 0.258 e. The lowest BCUT2D eigenvalue weighted by Crippen LogP contribution is -2.09. The Morgan fingerprint density at radius 3 is 3.15 bits per heavy atom. The fourth-order valence-corrected chi connectivity index (χ4v) is 2.11. The number of fused-ring (bicyclic) bond motifs is 1. The lowest BCUT2D eigenvalue weighted by atomic mass is 10.4. The van der Waals surface area contributed by atoms with Crippen LogP contribution in [0.15, 0.2) is 23.3 Å². The first-order valence-electron chi connectivity index (χ1n) is 3.97. The van der Waals surface area contributed by atoms with E-state index >= 15 is 0 Å². The topological polar surface area (TPSA) is 60.4 Å². The molecule has 2 aromatic rings. The maximum atomic E-state index is 11.3. The Bertz CT molecular complexity index is 473. The van der Waals surface area contributed by atoms with Crippen molar-refractivity contribution in [1.29, 1.82) is 0 Å². The normalized spacial score (nSPS) is 10.8. The van der Waals surface area contributed by atoms with Crippen LogP contribution in [0.3, 0.4) is 0 Å². The second kappa shape index (κ2) is 3.27. The van der Waals surface area contributed by atoms with Crippen molar-refractivity contribution in [3.63, 3.8) is 0 Å². The fourth-order valence-electron chi connectivity index (χ4n) is 1.14. The van der Waals surface area contributed by atoms with Crippen LogP contribution in [-0.2, 0) is 6.42 Å². The van der Waals surface area contributed by atoms with Crippen molar-refractivity contribution in [2.75, 3.05) is 6.54 Å². The van der Waals surface area contributed by atoms with Crippen LogP contribution < -0.4 is 11.3 Å². The third kappa shape index (κ3) is 1.48. The highest BCUT2D eigenvalue weighted by Crippen LogP contribution is 2.13. The van der Waals surface area contributed by atoms with E-state index in [-0.39, 0.29) is 5.56 Å². The van der Waals surface area contributed by atoms with Crippen molar-refractivity contribution >= 4 is 16.3 Å². The molecule has 0 aliphatic heterocycles. The van der Waals surface area contributed by atoms with Crippen molar-refractivity contribution in [2.24, 2.45) is 5.73 Å². The summed E-state index contributed by atoms with van der Waals surface area (Å²) in [4.78, 5) is 17.2. The first kappa shape index (κ1) is 8.40. The minimum absolute atomic E-state index is 0.0375. The van der Waals surface area contributed by atoms with Gasteiger partial charge in [-0.15, -0.1) is 11.3 Å². The van der Waals surface area contributed by atoms with Crippen LogP contribution in [0.4, 0.5) is 0 Å². The summed E-state index contributed by atoms with van der Waals surface area (Å²) in [6, 6.07) is 1.45. The molecule has 0 bridgehead atoms. The molecule has 2 N–H and O–H groups in total. The summed E-state index contributed by atoms with van der Waals surface area (Å²) in [5.41, 5.74) is 5.38. The number of thiazole rings is 1. The molecule has 0 fully saturated rings.